The molecule has 6 heteroatoms. The van der Waals surface area contributed by atoms with Crippen molar-refractivity contribution in [3.05, 3.63) is 35.4 Å². The Hall–Kier alpha value is -2.08. The van der Waals surface area contributed by atoms with Crippen LogP contribution in [-0.2, 0) is 11.3 Å². The van der Waals surface area contributed by atoms with E-state index in [1.54, 1.807) is 7.11 Å². The molecule has 1 aromatic carbocycles. The fourth-order valence-electron chi connectivity index (χ4n) is 3.98. The van der Waals surface area contributed by atoms with E-state index in [4.69, 9.17) is 9.73 Å². The summed E-state index contributed by atoms with van der Waals surface area (Å²) in [5.41, 5.74) is 2.11. The van der Waals surface area contributed by atoms with Crippen molar-refractivity contribution in [3.63, 3.8) is 0 Å². The Kier molecular flexibility index (Phi) is 10.7. The zero-order valence-electron chi connectivity index (χ0n) is 19.1. The van der Waals surface area contributed by atoms with Gasteiger partial charge in [0.25, 0.3) is 5.91 Å². The molecule has 0 aromatic heterocycles. The molecule has 0 heterocycles. The number of benzene rings is 1. The van der Waals surface area contributed by atoms with E-state index in [0.29, 0.717) is 17.5 Å². The Bertz CT molecular complexity index is 652. The summed E-state index contributed by atoms with van der Waals surface area (Å²) in [5, 5.41) is 9.86. The van der Waals surface area contributed by atoms with Gasteiger partial charge in [-0.1, -0.05) is 38.3 Å². The second-order valence-electron chi connectivity index (χ2n) is 8.31. The van der Waals surface area contributed by atoms with Gasteiger partial charge in [0.05, 0.1) is 6.54 Å². The molecule has 0 unspecified atom stereocenters. The standard InChI is InChI=1S/C24H40N4O2/c1-4-6-16-26-22(29)21-11-9-20(10-12-21)18-27-23(25-5-2)28-19-24(15-17-30-3)13-7-8-14-24/h9-12H,4-8,13-19H2,1-3H3,(H,26,29)(H2,25,27,28). The number of nitrogens with zero attached hydrogens (tertiary/aromatic N) is 1. The third-order valence-electron chi connectivity index (χ3n) is 5.93. The Morgan fingerprint density at radius 2 is 1.83 bits per heavy atom. The summed E-state index contributed by atoms with van der Waals surface area (Å²) in [6.45, 7) is 8.08. The second kappa shape index (κ2) is 13.3. The number of hydrogen-bond acceptors (Lipinski definition) is 3. The average Bonchev–Trinajstić information content (AvgIpc) is 3.24. The Morgan fingerprint density at radius 1 is 1.10 bits per heavy atom. The minimum Gasteiger partial charge on any atom is -0.385 e. The van der Waals surface area contributed by atoms with Crippen molar-refractivity contribution in [1.29, 1.82) is 0 Å². The van der Waals surface area contributed by atoms with Gasteiger partial charge in [0.1, 0.15) is 0 Å². The van der Waals surface area contributed by atoms with E-state index in [1.807, 2.05) is 24.3 Å². The number of hydrogen-bond donors (Lipinski definition) is 3. The van der Waals surface area contributed by atoms with E-state index in [2.05, 4.69) is 29.8 Å². The van der Waals surface area contributed by atoms with Crippen LogP contribution in [0.2, 0.25) is 0 Å². The molecule has 1 aliphatic carbocycles. The summed E-state index contributed by atoms with van der Waals surface area (Å²) in [6.07, 6.45) is 8.29. The van der Waals surface area contributed by atoms with Crippen molar-refractivity contribution in [2.75, 3.05) is 33.4 Å². The van der Waals surface area contributed by atoms with Crippen molar-refractivity contribution < 1.29 is 9.53 Å². The van der Waals surface area contributed by atoms with Crippen LogP contribution in [0, 0.1) is 5.41 Å². The molecule has 30 heavy (non-hydrogen) atoms. The normalized spacial score (nSPS) is 15.8. The molecule has 0 spiro atoms. The molecule has 6 nitrogen and oxygen atoms in total. The maximum absolute atomic E-state index is 12.1. The second-order valence-corrected chi connectivity index (χ2v) is 8.31. The zero-order valence-corrected chi connectivity index (χ0v) is 19.1. The van der Waals surface area contributed by atoms with Crippen LogP contribution in [0.25, 0.3) is 0 Å². The van der Waals surface area contributed by atoms with Crippen LogP contribution < -0.4 is 16.0 Å². The molecule has 0 aliphatic heterocycles. The molecule has 168 valence electrons. The van der Waals surface area contributed by atoms with E-state index in [1.165, 1.54) is 25.7 Å². The molecule has 3 N–H and O–H groups in total. The van der Waals surface area contributed by atoms with Crippen LogP contribution in [0.3, 0.4) is 0 Å². The molecular weight excluding hydrogens is 376 g/mol. The third kappa shape index (κ3) is 7.98. The summed E-state index contributed by atoms with van der Waals surface area (Å²) in [7, 11) is 1.78. The molecule has 1 fully saturated rings. The minimum atomic E-state index is -0.00794. The fourth-order valence-corrected chi connectivity index (χ4v) is 3.98. The summed E-state index contributed by atoms with van der Waals surface area (Å²) >= 11 is 0. The van der Waals surface area contributed by atoms with Crippen LogP contribution in [0.1, 0.15) is 74.7 Å². The highest BCUT2D eigenvalue weighted by Crippen LogP contribution is 2.40. The Balaban J connectivity index is 1.91. The number of aliphatic imine (C=N–C) groups is 1. The van der Waals surface area contributed by atoms with Crippen molar-refractivity contribution in [2.24, 2.45) is 10.4 Å². The largest absolute Gasteiger partial charge is 0.385 e. The summed E-state index contributed by atoms with van der Waals surface area (Å²) in [5.74, 6) is 0.842. The lowest BCUT2D eigenvalue weighted by atomic mass is 9.83. The van der Waals surface area contributed by atoms with E-state index in [9.17, 15) is 4.79 Å². The van der Waals surface area contributed by atoms with E-state index < -0.39 is 0 Å². The van der Waals surface area contributed by atoms with Gasteiger partial charge in [-0.3, -0.25) is 4.79 Å². The monoisotopic (exact) mass is 416 g/mol. The number of rotatable bonds is 12. The number of guanidine groups is 1. The molecule has 1 aromatic rings. The highest BCUT2D eigenvalue weighted by molar-refractivity contribution is 5.94. The SMILES string of the molecule is CCCCNC(=O)c1ccc(CN=C(NCC)NCC2(CCOC)CCCC2)cc1. The van der Waals surface area contributed by atoms with Crippen LogP contribution >= 0.6 is 0 Å². The number of ether oxygens (including phenoxy) is 1. The Labute approximate surface area is 182 Å². The summed E-state index contributed by atoms with van der Waals surface area (Å²) in [6, 6.07) is 7.73. The van der Waals surface area contributed by atoms with E-state index in [0.717, 1.165) is 57.0 Å². The molecule has 2 rings (SSSR count). The fraction of sp³-hybridized carbons (Fsp3) is 0.667. The summed E-state index contributed by atoms with van der Waals surface area (Å²) in [4.78, 5) is 16.9. The maximum Gasteiger partial charge on any atom is 0.251 e. The van der Waals surface area contributed by atoms with Gasteiger partial charge in [0.15, 0.2) is 5.96 Å². The smallest absolute Gasteiger partial charge is 0.251 e. The number of methoxy groups -OCH3 is 1. The number of amides is 1. The van der Waals surface area contributed by atoms with Gasteiger partial charge in [0, 0.05) is 38.9 Å². The van der Waals surface area contributed by atoms with Crippen molar-refractivity contribution in [1.82, 2.24) is 16.0 Å². The highest BCUT2D eigenvalue weighted by atomic mass is 16.5. The summed E-state index contributed by atoms with van der Waals surface area (Å²) < 4.78 is 5.34. The van der Waals surface area contributed by atoms with Gasteiger partial charge in [-0.2, -0.15) is 0 Å². The molecule has 1 aliphatic rings. The van der Waals surface area contributed by atoms with E-state index in [-0.39, 0.29) is 5.91 Å². The van der Waals surface area contributed by atoms with Crippen LogP contribution in [0.4, 0.5) is 0 Å². The van der Waals surface area contributed by atoms with E-state index >= 15 is 0 Å². The topological polar surface area (TPSA) is 74.8 Å². The first-order valence-corrected chi connectivity index (χ1v) is 11.5. The van der Waals surface area contributed by atoms with Crippen LogP contribution in [0.5, 0.6) is 0 Å². The predicted octanol–water partition coefficient (Wildman–Crippen LogP) is 3.87. The van der Waals surface area contributed by atoms with Crippen molar-refractivity contribution in [3.8, 4) is 0 Å². The molecule has 0 saturated heterocycles. The highest BCUT2D eigenvalue weighted by Gasteiger charge is 2.33. The lowest BCUT2D eigenvalue weighted by Crippen LogP contribution is -2.43. The quantitative estimate of drug-likeness (QED) is 0.275. The number of carbonyl (C=O) groups is 1. The minimum absolute atomic E-state index is 0.00794. The first-order chi connectivity index (χ1) is 14.6. The lowest BCUT2D eigenvalue weighted by molar-refractivity contribution is 0.0953. The number of unbranched alkanes of at least 4 members (excludes halogenated alkanes) is 1. The maximum atomic E-state index is 12.1. The van der Waals surface area contributed by atoms with Crippen molar-refractivity contribution >= 4 is 11.9 Å². The molecule has 1 amide bonds. The van der Waals surface area contributed by atoms with Crippen molar-refractivity contribution in [2.45, 2.75) is 65.3 Å². The lowest BCUT2D eigenvalue weighted by Gasteiger charge is -2.30. The van der Waals surface area contributed by atoms with Gasteiger partial charge in [-0.25, -0.2) is 4.99 Å². The zero-order chi connectivity index (χ0) is 21.7. The third-order valence-corrected chi connectivity index (χ3v) is 5.93. The molecule has 0 radical (unpaired) electrons. The van der Waals surface area contributed by atoms with Crippen LogP contribution in [-0.4, -0.2) is 45.2 Å². The van der Waals surface area contributed by atoms with Gasteiger partial charge >= 0.3 is 0 Å². The first kappa shape index (κ1) is 24.2. The molecule has 0 bridgehead atoms. The molecular formula is C24H40N4O2. The molecule has 0 atom stereocenters. The number of carbonyl (C=O) groups excluding carboxylic acids is 1. The van der Waals surface area contributed by atoms with Gasteiger partial charge < -0.3 is 20.7 Å². The number of nitrogens with one attached hydrogen (secondary N) is 3. The van der Waals surface area contributed by atoms with Gasteiger partial charge in [-0.15, -0.1) is 0 Å². The van der Waals surface area contributed by atoms with Crippen LogP contribution in [0.15, 0.2) is 29.3 Å². The predicted molar refractivity (Wildman–Crippen MR) is 124 cm³/mol. The first-order valence-electron chi connectivity index (χ1n) is 11.5. The van der Waals surface area contributed by atoms with Gasteiger partial charge in [0.2, 0.25) is 0 Å². The molecule has 1 saturated carbocycles. The van der Waals surface area contributed by atoms with Gasteiger partial charge in [-0.05, 0) is 55.7 Å². The average molecular weight is 417 g/mol. The Morgan fingerprint density at radius 3 is 2.47 bits per heavy atom.